The van der Waals surface area contributed by atoms with Gasteiger partial charge in [0.1, 0.15) is 18.2 Å². The number of nitrogens with zero attached hydrogens (tertiary/aromatic N) is 1. The highest BCUT2D eigenvalue weighted by atomic mass is 16.6. The van der Waals surface area contributed by atoms with Gasteiger partial charge in [0.05, 0.1) is 24.9 Å². The Morgan fingerprint density at radius 2 is 1.95 bits per heavy atom. The van der Waals surface area contributed by atoms with Crippen molar-refractivity contribution in [2.24, 2.45) is 5.92 Å². The van der Waals surface area contributed by atoms with Crippen molar-refractivity contribution in [3.63, 3.8) is 0 Å². The molecule has 1 saturated heterocycles. The van der Waals surface area contributed by atoms with Crippen LogP contribution < -0.4 is 20.7 Å². The van der Waals surface area contributed by atoms with Crippen molar-refractivity contribution in [2.75, 3.05) is 25.1 Å². The summed E-state index contributed by atoms with van der Waals surface area (Å²) >= 11 is 0. The summed E-state index contributed by atoms with van der Waals surface area (Å²) in [7, 11) is 0. The minimum Gasteiger partial charge on any atom is -0.480 e. The minimum absolute atomic E-state index is 0.0602. The fourth-order valence-corrected chi connectivity index (χ4v) is 4.05. The summed E-state index contributed by atoms with van der Waals surface area (Å²) < 4.78 is 22.0. The van der Waals surface area contributed by atoms with Crippen LogP contribution in [0.1, 0.15) is 32.0 Å². The second-order valence-corrected chi connectivity index (χ2v) is 9.89. The van der Waals surface area contributed by atoms with Gasteiger partial charge < -0.3 is 29.6 Å². The SMILES string of the molecule is CC(C)(C)OC(=O)N[C@@H]1COC[C@H]1C(NCc1ccc2c(n1)NC(=O)CO2)C(=O)OCc1ccccc1. The normalized spacial score (nSPS) is 19.7. The van der Waals surface area contributed by atoms with Crippen molar-refractivity contribution < 1.29 is 33.3 Å². The number of fused-ring (bicyclic) bond motifs is 1. The molecule has 1 fully saturated rings. The highest BCUT2D eigenvalue weighted by Crippen LogP contribution is 2.26. The van der Waals surface area contributed by atoms with E-state index in [4.69, 9.17) is 18.9 Å². The molecule has 2 aliphatic rings. The summed E-state index contributed by atoms with van der Waals surface area (Å²) in [6, 6.07) is 11.5. The maximum atomic E-state index is 13.3. The van der Waals surface area contributed by atoms with Crippen LogP contribution in [0.15, 0.2) is 42.5 Å². The summed E-state index contributed by atoms with van der Waals surface area (Å²) in [6.45, 7) is 6.04. The van der Waals surface area contributed by atoms with Crippen molar-refractivity contribution >= 4 is 23.8 Å². The first-order valence-electron chi connectivity index (χ1n) is 12.1. The van der Waals surface area contributed by atoms with Gasteiger partial charge in [-0.25, -0.2) is 9.78 Å². The molecule has 0 saturated carbocycles. The van der Waals surface area contributed by atoms with Crippen LogP contribution in [0.4, 0.5) is 10.6 Å². The second-order valence-electron chi connectivity index (χ2n) is 9.89. The molecule has 1 unspecified atom stereocenters. The highest BCUT2D eigenvalue weighted by Gasteiger charge is 2.40. The number of pyridine rings is 1. The predicted octanol–water partition coefficient (Wildman–Crippen LogP) is 2.15. The lowest BCUT2D eigenvalue weighted by Crippen LogP contribution is -2.53. The largest absolute Gasteiger partial charge is 0.480 e. The Hall–Kier alpha value is -3.70. The monoisotopic (exact) mass is 512 g/mol. The summed E-state index contributed by atoms with van der Waals surface area (Å²) in [5.74, 6) is -0.381. The summed E-state index contributed by atoms with van der Waals surface area (Å²) in [6.07, 6.45) is -0.587. The van der Waals surface area contributed by atoms with Gasteiger partial charge in [-0.2, -0.15) is 0 Å². The van der Waals surface area contributed by atoms with E-state index in [9.17, 15) is 14.4 Å². The standard InChI is InChI=1S/C26H32N4O7/c1-26(2,3)37-25(33)29-19-14-34-13-18(19)22(24(32)36-12-16-7-5-4-6-8-16)27-11-17-9-10-20-23(28-17)30-21(31)15-35-20/h4-10,18-19,22,27H,11-15H2,1-3H3,(H,29,33)(H,28,30,31)/t18-,19-,22?/m1/s1. The van der Waals surface area contributed by atoms with Crippen LogP contribution in [-0.2, 0) is 37.0 Å². The molecule has 11 heteroatoms. The van der Waals surface area contributed by atoms with Crippen molar-refractivity contribution in [3.05, 3.63) is 53.7 Å². The molecule has 1 aromatic heterocycles. The molecule has 2 amide bonds. The molecule has 37 heavy (non-hydrogen) atoms. The van der Waals surface area contributed by atoms with Gasteiger partial charge in [0.15, 0.2) is 18.2 Å². The maximum Gasteiger partial charge on any atom is 0.407 e. The number of hydrogen-bond acceptors (Lipinski definition) is 9. The minimum atomic E-state index is -0.810. The molecule has 0 spiro atoms. The molecule has 2 aromatic rings. The average Bonchev–Trinajstić information content (AvgIpc) is 3.29. The fraction of sp³-hybridized carbons (Fsp3) is 0.462. The van der Waals surface area contributed by atoms with E-state index in [1.165, 1.54) is 0 Å². The fourth-order valence-electron chi connectivity index (χ4n) is 4.05. The Bertz CT molecular complexity index is 1120. The first-order valence-corrected chi connectivity index (χ1v) is 12.1. The molecule has 3 N–H and O–H groups in total. The molecule has 0 aliphatic carbocycles. The van der Waals surface area contributed by atoms with Gasteiger partial charge in [-0.05, 0) is 38.5 Å². The van der Waals surface area contributed by atoms with E-state index in [0.29, 0.717) is 17.3 Å². The zero-order chi connectivity index (χ0) is 26.4. The number of aromatic nitrogens is 1. The average molecular weight is 513 g/mol. The molecule has 11 nitrogen and oxygen atoms in total. The Labute approximate surface area is 215 Å². The number of amides is 2. The van der Waals surface area contributed by atoms with Crippen LogP contribution in [-0.4, -0.2) is 60.5 Å². The molecule has 4 rings (SSSR count). The third-order valence-corrected chi connectivity index (χ3v) is 5.77. The molecule has 0 radical (unpaired) electrons. The number of rotatable bonds is 8. The van der Waals surface area contributed by atoms with E-state index in [1.807, 2.05) is 30.3 Å². The maximum absolute atomic E-state index is 13.3. The number of anilines is 1. The van der Waals surface area contributed by atoms with Crippen LogP contribution >= 0.6 is 0 Å². The Balaban J connectivity index is 1.47. The molecule has 2 aliphatic heterocycles. The van der Waals surface area contributed by atoms with Gasteiger partial charge in [-0.15, -0.1) is 0 Å². The van der Waals surface area contributed by atoms with E-state index in [-0.39, 0.29) is 38.9 Å². The lowest BCUT2D eigenvalue weighted by molar-refractivity contribution is -0.149. The van der Waals surface area contributed by atoms with Gasteiger partial charge in [0, 0.05) is 12.5 Å². The lowest BCUT2D eigenvalue weighted by Gasteiger charge is -2.28. The third kappa shape index (κ3) is 7.40. The number of ether oxygens (including phenoxy) is 4. The van der Waals surface area contributed by atoms with Gasteiger partial charge in [0.2, 0.25) is 0 Å². The van der Waals surface area contributed by atoms with Crippen molar-refractivity contribution in [1.29, 1.82) is 0 Å². The van der Waals surface area contributed by atoms with Gasteiger partial charge in [0.25, 0.3) is 5.91 Å². The van der Waals surface area contributed by atoms with Crippen LogP contribution in [0.2, 0.25) is 0 Å². The molecular weight excluding hydrogens is 480 g/mol. The zero-order valence-corrected chi connectivity index (χ0v) is 21.1. The van der Waals surface area contributed by atoms with Gasteiger partial charge in [-0.3, -0.25) is 14.9 Å². The first-order chi connectivity index (χ1) is 17.7. The zero-order valence-electron chi connectivity index (χ0n) is 21.1. The summed E-state index contributed by atoms with van der Waals surface area (Å²) in [5, 5.41) is 8.72. The van der Waals surface area contributed by atoms with Crippen molar-refractivity contribution in [3.8, 4) is 5.75 Å². The van der Waals surface area contributed by atoms with E-state index >= 15 is 0 Å². The number of benzene rings is 1. The van der Waals surface area contributed by atoms with Crippen LogP contribution in [0.3, 0.4) is 0 Å². The number of alkyl carbamates (subject to hydrolysis) is 1. The molecule has 3 heterocycles. The van der Waals surface area contributed by atoms with Crippen LogP contribution in [0.5, 0.6) is 5.75 Å². The topological polar surface area (TPSA) is 137 Å². The Morgan fingerprint density at radius 3 is 2.70 bits per heavy atom. The van der Waals surface area contributed by atoms with E-state index < -0.39 is 35.7 Å². The number of nitrogens with one attached hydrogen (secondary N) is 3. The number of carbonyl (C=O) groups excluding carboxylic acids is 3. The van der Waals surface area contributed by atoms with Crippen LogP contribution in [0.25, 0.3) is 0 Å². The number of esters is 1. The molecule has 0 bridgehead atoms. The molecular formula is C26H32N4O7. The van der Waals surface area contributed by atoms with Gasteiger partial charge >= 0.3 is 12.1 Å². The van der Waals surface area contributed by atoms with Crippen molar-refractivity contribution in [1.82, 2.24) is 15.6 Å². The predicted molar refractivity (Wildman–Crippen MR) is 133 cm³/mol. The van der Waals surface area contributed by atoms with Crippen LogP contribution in [0, 0.1) is 5.92 Å². The first kappa shape index (κ1) is 26.4. The number of hydrogen-bond donors (Lipinski definition) is 3. The Morgan fingerprint density at radius 1 is 1.16 bits per heavy atom. The van der Waals surface area contributed by atoms with E-state index in [2.05, 4.69) is 20.9 Å². The smallest absolute Gasteiger partial charge is 0.407 e. The lowest BCUT2D eigenvalue weighted by atomic mass is 9.94. The molecule has 1 aromatic carbocycles. The second kappa shape index (κ2) is 11.6. The number of carbonyl (C=O) groups is 3. The molecule has 3 atom stereocenters. The van der Waals surface area contributed by atoms with E-state index in [1.54, 1.807) is 32.9 Å². The van der Waals surface area contributed by atoms with Crippen molar-refractivity contribution in [2.45, 2.75) is 51.6 Å². The van der Waals surface area contributed by atoms with Gasteiger partial charge in [-0.1, -0.05) is 30.3 Å². The summed E-state index contributed by atoms with van der Waals surface area (Å²) in [5.41, 5.74) is 0.775. The van der Waals surface area contributed by atoms with E-state index in [0.717, 1.165) is 5.56 Å². The summed E-state index contributed by atoms with van der Waals surface area (Å²) in [4.78, 5) is 41.8. The highest BCUT2D eigenvalue weighted by molar-refractivity contribution is 5.94. The quantitative estimate of drug-likeness (QED) is 0.454. The Kier molecular flexibility index (Phi) is 8.24. The molecule has 198 valence electrons. The third-order valence-electron chi connectivity index (χ3n) is 5.77.